The molecule has 0 bridgehead atoms. The SMILES string of the molecule is CN(CC1CCCO1)C(=O)c1ccc(N)c(Cl)c1. The molecule has 1 aromatic carbocycles. The van der Waals surface area contributed by atoms with E-state index in [2.05, 4.69) is 0 Å². The Balaban J connectivity index is 2.02. The summed E-state index contributed by atoms with van der Waals surface area (Å²) in [7, 11) is 1.77. The molecule has 18 heavy (non-hydrogen) atoms. The Morgan fingerprint density at radius 2 is 2.39 bits per heavy atom. The zero-order chi connectivity index (χ0) is 13.1. The fraction of sp³-hybridized carbons (Fsp3) is 0.462. The minimum atomic E-state index is -0.0626. The van der Waals surface area contributed by atoms with Crippen LogP contribution in [0.25, 0.3) is 0 Å². The van der Waals surface area contributed by atoms with Gasteiger partial charge in [-0.25, -0.2) is 0 Å². The highest BCUT2D eigenvalue weighted by molar-refractivity contribution is 6.33. The van der Waals surface area contributed by atoms with Gasteiger partial charge >= 0.3 is 0 Å². The van der Waals surface area contributed by atoms with Crippen LogP contribution in [0.5, 0.6) is 0 Å². The molecule has 1 aliphatic heterocycles. The predicted molar refractivity (Wildman–Crippen MR) is 71.8 cm³/mol. The maximum absolute atomic E-state index is 12.2. The van der Waals surface area contributed by atoms with Crippen molar-refractivity contribution in [3.05, 3.63) is 28.8 Å². The van der Waals surface area contributed by atoms with E-state index in [1.165, 1.54) is 0 Å². The summed E-state index contributed by atoms with van der Waals surface area (Å²) in [5, 5.41) is 0.409. The van der Waals surface area contributed by atoms with Crippen LogP contribution >= 0.6 is 11.6 Å². The first kappa shape index (κ1) is 13.2. The molecule has 4 nitrogen and oxygen atoms in total. The number of nitrogens with two attached hydrogens (primary N) is 1. The van der Waals surface area contributed by atoms with Gasteiger partial charge in [0.15, 0.2) is 0 Å². The van der Waals surface area contributed by atoms with E-state index in [0.29, 0.717) is 22.8 Å². The molecular weight excluding hydrogens is 252 g/mol. The number of nitrogens with zero attached hydrogens (tertiary/aromatic N) is 1. The van der Waals surface area contributed by atoms with Crippen LogP contribution in [-0.4, -0.2) is 37.1 Å². The normalized spacial score (nSPS) is 18.9. The number of carbonyl (C=O) groups excluding carboxylic acids is 1. The van der Waals surface area contributed by atoms with E-state index in [-0.39, 0.29) is 12.0 Å². The van der Waals surface area contributed by atoms with Gasteiger partial charge in [0.1, 0.15) is 0 Å². The van der Waals surface area contributed by atoms with Crippen LogP contribution in [0, 0.1) is 0 Å². The number of halogens is 1. The van der Waals surface area contributed by atoms with Gasteiger partial charge in [-0.1, -0.05) is 11.6 Å². The van der Waals surface area contributed by atoms with Crippen LogP contribution in [0.15, 0.2) is 18.2 Å². The number of hydrogen-bond acceptors (Lipinski definition) is 3. The van der Waals surface area contributed by atoms with E-state index in [0.717, 1.165) is 19.4 Å². The minimum Gasteiger partial charge on any atom is -0.398 e. The van der Waals surface area contributed by atoms with Gasteiger partial charge in [-0.3, -0.25) is 4.79 Å². The average molecular weight is 269 g/mol. The quantitative estimate of drug-likeness (QED) is 0.855. The smallest absolute Gasteiger partial charge is 0.253 e. The fourth-order valence-electron chi connectivity index (χ4n) is 2.06. The summed E-state index contributed by atoms with van der Waals surface area (Å²) >= 11 is 5.91. The van der Waals surface area contributed by atoms with E-state index < -0.39 is 0 Å². The number of rotatable bonds is 3. The first-order valence-electron chi connectivity index (χ1n) is 6.00. The van der Waals surface area contributed by atoms with Crippen LogP contribution in [0.4, 0.5) is 5.69 Å². The molecule has 0 radical (unpaired) electrons. The molecule has 0 aromatic heterocycles. The number of anilines is 1. The lowest BCUT2D eigenvalue weighted by Crippen LogP contribution is -2.34. The first-order chi connectivity index (χ1) is 8.58. The molecule has 0 saturated carbocycles. The molecular formula is C13H17ClN2O2. The Kier molecular flexibility index (Phi) is 4.09. The zero-order valence-electron chi connectivity index (χ0n) is 10.4. The molecule has 1 aliphatic rings. The number of carbonyl (C=O) groups is 1. The van der Waals surface area contributed by atoms with Crippen molar-refractivity contribution in [3.63, 3.8) is 0 Å². The third kappa shape index (κ3) is 2.94. The molecule has 98 valence electrons. The van der Waals surface area contributed by atoms with Gasteiger partial charge in [0.25, 0.3) is 5.91 Å². The molecule has 0 aliphatic carbocycles. The number of likely N-dealkylation sites (N-methyl/N-ethyl adjacent to an activating group) is 1. The van der Waals surface area contributed by atoms with Crippen LogP contribution < -0.4 is 5.73 Å². The molecule has 1 fully saturated rings. The van der Waals surface area contributed by atoms with Crippen molar-refractivity contribution in [3.8, 4) is 0 Å². The third-order valence-electron chi connectivity index (χ3n) is 3.10. The lowest BCUT2D eigenvalue weighted by molar-refractivity contribution is 0.0587. The van der Waals surface area contributed by atoms with Gasteiger partial charge in [0, 0.05) is 25.8 Å². The second-order valence-electron chi connectivity index (χ2n) is 4.56. The summed E-state index contributed by atoms with van der Waals surface area (Å²) in [6, 6.07) is 4.94. The van der Waals surface area contributed by atoms with Crippen molar-refractivity contribution in [2.24, 2.45) is 0 Å². The highest BCUT2D eigenvalue weighted by Gasteiger charge is 2.21. The highest BCUT2D eigenvalue weighted by atomic mass is 35.5. The van der Waals surface area contributed by atoms with E-state index in [9.17, 15) is 4.79 Å². The molecule has 2 N–H and O–H groups in total. The number of ether oxygens (including phenoxy) is 1. The minimum absolute atomic E-state index is 0.0626. The summed E-state index contributed by atoms with van der Waals surface area (Å²) in [4.78, 5) is 13.8. The maximum Gasteiger partial charge on any atom is 0.253 e. The molecule has 1 unspecified atom stereocenters. The van der Waals surface area contributed by atoms with Gasteiger partial charge in [-0.15, -0.1) is 0 Å². The maximum atomic E-state index is 12.2. The fourth-order valence-corrected chi connectivity index (χ4v) is 2.24. The summed E-state index contributed by atoms with van der Waals surface area (Å²) in [5.41, 5.74) is 6.65. The molecule has 1 amide bonds. The van der Waals surface area contributed by atoms with Crippen molar-refractivity contribution in [2.45, 2.75) is 18.9 Å². The van der Waals surface area contributed by atoms with Crippen molar-refractivity contribution >= 4 is 23.2 Å². The topological polar surface area (TPSA) is 55.6 Å². The van der Waals surface area contributed by atoms with E-state index in [1.807, 2.05) is 0 Å². The van der Waals surface area contributed by atoms with Crippen LogP contribution in [-0.2, 0) is 4.74 Å². The third-order valence-corrected chi connectivity index (χ3v) is 3.42. The van der Waals surface area contributed by atoms with Crippen molar-refractivity contribution < 1.29 is 9.53 Å². The predicted octanol–water partition coefficient (Wildman–Crippen LogP) is 2.17. The first-order valence-corrected chi connectivity index (χ1v) is 6.38. The van der Waals surface area contributed by atoms with E-state index >= 15 is 0 Å². The number of amides is 1. The number of nitrogen functional groups attached to an aromatic ring is 1. The van der Waals surface area contributed by atoms with Crippen LogP contribution in [0.1, 0.15) is 23.2 Å². The van der Waals surface area contributed by atoms with Crippen LogP contribution in [0.3, 0.4) is 0 Å². The Hall–Kier alpha value is -1.26. The Morgan fingerprint density at radius 3 is 3.00 bits per heavy atom. The summed E-state index contributed by atoms with van der Waals surface area (Å²) < 4.78 is 5.51. The number of hydrogen-bond donors (Lipinski definition) is 1. The Morgan fingerprint density at radius 1 is 1.61 bits per heavy atom. The molecule has 0 spiro atoms. The molecule has 1 heterocycles. The monoisotopic (exact) mass is 268 g/mol. The second kappa shape index (κ2) is 5.59. The molecule has 1 aromatic rings. The van der Waals surface area contributed by atoms with Gasteiger partial charge in [-0.2, -0.15) is 0 Å². The standard InChI is InChI=1S/C13H17ClN2O2/c1-16(8-10-3-2-6-18-10)13(17)9-4-5-12(15)11(14)7-9/h4-5,7,10H,2-3,6,8,15H2,1H3. The molecule has 1 atom stereocenters. The van der Waals surface area contributed by atoms with Gasteiger partial charge in [0.05, 0.1) is 16.8 Å². The van der Waals surface area contributed by atoms with Crippen molar-refractivity contribution in [1.29, 1.82) is 0 Å². The summed E-state index contributed by atoms with van der Waals surface area (Å²) in [6.45, 7) is 1.40. The summed E-state index contributed by atoms with van der Waals surface area (Å²) in [5.74, 6) is -0.0626. The molecule has 2 rings (SSSR count). The highest BCUT2D eigenvalue weighted by Crippen LogP contribution is 2.21. The van der Waals surface area contributed by atoms with Gasteiger partial charge < -0.3 is 15.4 Å². The zero-order valence-corrected chi connectivity index (χ0v) is 11.1. The Bertz CT molecular complexity index is 445. The van der Waals surface area contributed by atoms with E-state index in [1.54, 1.807) is 30.1 Å². The Labute approximate surface area is 112 Å². The van der Waals surface area contributed by atoms with Crippen LogP contribution in [0.2, 0.25) is 5.02 Å². The average Bonchev–Trinajstić information content (AvgIpc) is 2.84. The second-order valence-corrected chi connectivity index (χ2v) is 4.96. The molecule has 1 saturated heterocycles. The largest absolute Gasteiger partial charge is 0.398 e. The summed E-state index contributed by atoms with van der Waals surface area (Å²) in [6.07, 6.45) is 2.24. The van der Waals surface area contributed by atoms with Crippen molar-refractivity contribution in [2.75, 3.05) is 25.9 Å². The lowest BCUT2D eigenvalue weighted by Gasteiger charge is -2.21. The van der Waals surface area contributed by atoms with E-state index in [4.69, 9.17) is 22.1 Å². The molecule has 5 heteroatoms. The lowest BCUT2D eigenvalue weighted by atomic mass is 10.1. The number of benzene rings is 1. The van der Waals surface area contributed by atoms with Gasteiger partial charge in [-0.05, 0) is 31.0 Å². The van der Waals surface area contributed by atoms with Gasteiger partial charge in [0.2, 0.25) is 0 Å². The van der Waals surface area contributed by atoms with Crippen molar-refractivity contribution in [1.82, 2.24) is 4.90 Å².